The van der Waals surface area contributed by atoms with E-state index in [-0.39, 0.29) is 24.2 Å². The number of hydrogen-bond donors (Lipinski definition) is 2. The van der Waals surface area contributed by atoms with Crippen molar-refractivity contribution in [1.29, 1.82) is 0 Å². The van der Waals surface area contributed by atoms with Crippen LogP contribution in [-0.4, -0.2) is 29.6 Å². The highest BCUT2D eigenvalue weighted by atomic mass is 16.5. The third-order valence-corrected chi connectivity index (χ3v) is 3.60. The van der Waals surface area contributed by atoms with Crippen molar-refractivity contribution in [2.45, 2.75) is 26.8 Å². The van der Waals surface area contributed by atoms with Crippen LogP contribution in [0.4, 0.5) is 0 Å². The molecule has 0 aliphatic heterocycles. The van der Waals surface area contributed by atoms with Crippen LogP contribution in [0.25, 0.3) is 11.3 Å². The standard InChI is InChI=1S/C17H21N3O3/c1-11(2)12(3)19-16(21)10-18-17(22)14-9-15(23-20-14)13-7-5-4-6-8-13/h4-9,11-12H,10H2,1-3H3,(H,18,22)(H,19,21)/t12-/m1/s1. The van der Waals surface area contributed by atoms with E-state index in [2.05, 4.69) is 15.8 Å². The molecule has 0 saturated carbocycles. The molecule has 0 saturated heterocycles. The van der Waals surface area contributed by atoms with Crippen molar-refractivity contribution >= 4 is 11.8 Å². The predicted molar refractivity (Wildman–Crippen MR) is 86.7 cm³/mol. The van der Waals surface area contributed by atoms with Crippen molar-refractivity contribution < 1.29 is 14.1 Å². The number of rotatable bonds is 6. The Hall–Kier alpha value is -2.63. The fourth-order valence-corrected chi connectivity index (χ4v) is 1.84. The molecule has 2 rings (SSSR count). The fourth-order valence-electron chi connectivity index (χ4n) is 1.84. The summed E-state index contributed by atoms with van der Waals surface area (Å²) in [5.41, 5.74) is 0.983. The largest absolute Gasteiger partial charge is 0.355 e. The number of nitrogens with zero attached hydrogens (tertiary/aromatic N) is 1. The summed E-state index contributed by atoms with van der Waals surface area (Å²) in [7, 11) is 0. The molecule has 2 amide bonds. The van der Waals surface area contributed by atoms with E-state index in [1.165, 1.54) is 0 Å². The molecule has 6 heteroatoms. The highest BCUT2D eigenvalue weighted by Crippen LogP contribution is 2.19. The molecule has 122 valence electrons. The van der Waals surface area contributed by atoms with Gasteiger partial charge in [-0.2, -0.15) is 0 Å². The maximum atomic E-state index is 12.0. The SMILES string of the molecule is CC(C)[C@@H](C)NC(=O)CNC(=O)c1cc(-c2ccccc2)on1. The summed E-state index contributed by atoms with van der Waals surface area (Å²) < 4.78 is 5.16. The van der Waals surface area contributed by atoms with E-state index in [4.69, 9.17) is 4.52 Å². The van der Waals surface area contributed by atoms with Gasteiger partial charge in [0.25, 0.3) is 5.91 Å². The first-order valence-corrected chi connectivity index (χ1v) is 7.57. The number of benzene rings is 1. The molecule has 2 N–H and O–H groups in total. The van der Waals surface area contributed by atoms with Gasteiger partial charge in [-0.15, -0.1) is 0 Å². The fraction of sp³-hybridized carbons (Fsp3) is 0.353. The summed E-state index contributed by atoms with van der Waals surface area (Å²) in [6.07, 6.45) is 0. The Kier molecular flexibility index (Phi) is 5.51. The van der Waals surface area contributed by atoms with Crippen molar-refractivity contribution in [1.82, 2.24) is 15.8 Å². The predicted octanol–water partition coefficient (Wildman–Crippen LogP) is 2.23. The minimum atomic E-state index is -0.441. The molecular formula is C17H21N3O3. The third kappa shape index (κ3) is 4.67. The average molecular weight is 315 g/mol. The number of carbonyl (C=O) groups excluding carboxylic acids is 2. The first kappa shape index (κ1) is 16.7. The number of hydrogen-bond acceptors (Lipinski definition) is 4. The summed E-state index contributed by atoms with van der Waals surface area (Å²) in [5.74, 6) is 0.168. The zero-order chi connectivity index (χ0) is 16.8. The molecule has 1 heterocycles. The second-order valence-corrected chi connectivity index (χ2v) is 5.73. The summed E-state index contributed by atoms with van der Waals surface area (Å²) in [6.45, 7) is 5.87. The van der Waals surface area contributed by atoms with Gasteiger partial charge >= 0.3 is 0 Å². The first-order chi connectivity index (χ1) is 11.0. The summed E-state index contributed by atoms with van der Waals surface area (Å²) in [5, 5.41) is 9.09. The van der Waals surface area contributed by atoms with Gasteiger partial charge in [0.05, 0.1) is 6.54 Å². The molecule has 0 fully saturated rings. The van der Waals surface area contributed by atoms with Crippen LogP contribution in [0.15, 0.2) is 40.9 Å². The monoisotopic (exact) mass is 315 g/mol. The van der Waals surface area contributed by atoms with Crippen LogP contribution in [-0.2, 0) is 4.79 Å². The Morgan fingerprint density at radius 2 is 1.87 bits per heavy atom. The summed E-state index contributed by atoms with van der Waals surface area (Å²) in [4.78, 5) is 23.8. The highest BCUT2D eigenvalue weighted by Gasteiger charge is 2.16. The van der Waals surface area contributed by atoms with Crippen molar-refractivity contribution in [2.24, 2.45) is 5.92 Å². The molecule has 0 radical (unpaired) electrons. The molecule has 0 spiro atoms. The zero-order valence-corrected chi connectivity index (χ0v) is 13.5. The van der Waals surface area contributed by atoms with E-state index in [0.717, 1.165) is 5.56 Å². The molecule has 0 aliphatic carbocycles. The number of carbonyl (C=O) groups is 2. The second-order valence-electron chi connectivity index (χ2n) is 5.73. The van der Waals surface area contributed by atoms with Crippen LogP contribution < -0.4 is 10.6 Å². The Morgan fingerprint density at radius 1 is 1.17 bits per heavy atom. The van der Waals surface area contributed by atoms with Crippen molar-refractivity contribution in [3.05, 3.63) is 42.1 Å². The molecular weight excluding hydrogens is 294 g/mol. The van der Waals surface area contributed by atoms with Gasteiger partial charge in [-0.1, -0.05) is 49.3 Å². The number of amides is 2. The van der Waals surface area contributed by atoms with E-state index in [0.29, 0.717) is 11.7 Å². The van der Waals surface area contributed by atoms with Crippen LogP contribution in [0.1, 0.15) is 31.3 Å². The van der Waals surface area contributed by atoms with Gasteiger partial charge in [0.1, 0.15) is 0 Å². The first-order valence-electron chi connectivity index (χ1n) is 7.57. The summed E-state index contributed by atoms with van der Waals surface area (Å²) in [6, 6.07) is 11.0. The molecule has 23 heavy (non-hydrogen) atoms. The van der Waals surface area contributed by atoms with Crippen molar-refractivity contribution in [3.63, 3.8) is 0 Å². The van der Waals surface area contributed by atoms with Crippen LogP contribution in [0, 0.1) is 5.92 Å². The van der Waals surface area contributed by atoms with Gasteiger partial charge in [-0.05, 0) is 12.8 Å². The van der Waals surface area contributed by atoms with Gasteiger partial charge in [-0.25, -0.2) is 0 Å². The molecule has 0 bridgehead atoms. The minimum Gasteiger partial charge on any atom is -0.355 e. The van der Waals surface area contributed by atoms with E-state index < -0.39 is 5.91 Å². The summed E-state index contributed by atoms with van der Waals surface area (Å²) >= 11 is 0. The zero-order valence-electron chi connectivity index (χ0n) is 13.5. The Labute approximate surface area is 135 Å². The Bertz CT molecular complexity index is 665. The van der Waals surface area contributed by atoms with Crippen LogP contribution in [0.3, 0.4) is 0 Å². The van der Waals surface area contributed by atoms with E-state index in [9.17, 15) is 9.59 Å². The number of nitrogens with one attached hydrogen (secondary N) is 2. The van der Waals surface area contributed by atoms with Crippen molar-refractivity contribution in [3.8, 4) is 11.3 Å². The molecule has 6 nitrogen and oxygen atoms in total. The van der Waals surface area contributed by atoms with Crippen molar-refractivity contribution in [2.75, 3.05) is 6.54 Å². The van der Waals surface area contributed by atoms with Crippen LogP contribution in [0.5, 0.6) is 0 Å². The van der Waals surface area contributed by atoms with E-state index >= 15 is 0 Å². The lowest BCUT2D eigenvalue weighted by Crippen LogP contribution is -2.42. The third-order valence-electron chi connectivity index (χ3n) is 3.60. The second kappa shape index (κ2) is 7.58. The minimum absolute atomic E-state index is 0.0520. The van der Waals surface area contributed by atoms with Gasteiger partial charge in [-0.3, -0.25) is 9.59 Å². The molecule has 0 unspecified atom stereocenters. The van der Waals surface area contributed by atoms with E-state index in [1.54, 1.807) is 6.07 Å². The topological polar surface area (TPSA) is 84.2 Å². The molecule has 2 aromatic rings. The average Bonchev–Trinajstić information content (AvgIpc) is 3.03. The Balaban J connectivity index is 1.89. The molecule has 1 atom stereocenters. The lowest BCUT2D eigenvalue weighted by Gasteiger charge is -2.17. The van der Waals surface area contributed by atoms with Crippen LogP contribution >= 0.6 is 0 Å². The normalized spacial score (nSPS) is 12.0. The molecule has 1 aromatic carbocycles. The van der Waals surface area contributed by atoms with Gasteiger partial charge in [0.2, 0.25) is 5.91 Å². The van der Waals surface area contributed by atoms with Gasteiger partial charge < -0.3 is 15.2 Å². The van der Waals surface area contributed by atoms with E-state index in [1.807, 2.05) is 51.1 Å². The highest BCUT2D eigenvalue weighted by molar-refractivity contribution is 5.95. The number of aromatic nitrogens is 1. The Morgan fingerprint density at radius 3 is 2.52 bits per heavy atom. The maximum absolute atomic E-state index is 12.0. The quantitative estimate of drug-likeness (QED) is 0.856. The lowest BCUT2D eigenvalue weighted by molar-refractivity contribution is -0.121. The maximum Gasteiger partial charge on any atom is 0.273 e. The molecule has 0 aliphatic rings. The lowest BCUT2D eigenvalue weighted by atomic mass is 10.1. The van der Waals surface area contributed by atoms with Crippen LogP contribution in [0.2, 0.25) is 0 Å². The molecule has 1 aromatic heterocycles. The smallest absolute Gasteiger partial charge is 0.273 e. The van der Waals surface area contributed by atoms with Gasteiger partial charge in [0.15, 0.2) is 11.5 Å². The van der Waals surface area contributed by atoms with Gasteiger partial charge in [0, 0.05) is 17.7 Å².